The largest absolute Gasteiger partial charge is 0.497 e. The van der Waals surface area contributed by atoms with Crippen molar-refractivity contribution in [1.29, 1.82) is 0 Å². The minimum absolute atomic E-state index is 0.0159. The first-order valence-corrected chi connectivity index (χ1v) is 21.6. The lowest BCUT2D eigenvalue weighted by molar-refractivity contribution is 0.103. The van der Waals surface area contributed by atoms with Crippen LogP contribution >= 0.6 is 0 Å². The highest BCUT2D eigenvalue weighted by atomic mass is 16.5. The highest BCUT2D eigenvalue weighted by molar-refractivity contribution is 6.09. The van der Waals surface area contributed by atoms with Gasteiger partial charge in [-0.25, -0.2) is 0 Å². The van der Waals surface area contributed by atoms with E-state index in [0.717, 1.165) is 56.6 Å². The third-order valence-corrected chi connectivity index (χ3v) is 10.8. The first kappa shape index (κ1) is 43.2. The summed E-state index contributed by atoms with van der Waals surface area (Å²) < 4.78 is 11.7. The van der Waals surface area contributed by atoms with Crippen molar-refractivity contribution in [2.75, 3.05) is 16.9 Å². The van der Waals surface area contributed by atoms with E-state index < -0.39 is 0 Å². The molecule has 9 aromatic rings. The lowest BCUT2D eigenvalue weighted by Gasteiger charge is -2.28. The van der Waals surface area contributed by atoms with Gasteiger partial charge in [0.15, 0.2) is 5.78 Å². The van der Waals surface area contributed by atoms with Crippen LogP contribution in [-0.4, -0.2) is 12.9 Å². The maximum Gasteiger partial charge on any atom is 0.193 e. The van der Waals surface area contributed by atoms with E-state index in [1.807, 2.05) is 122 Å². The molecule has 5 heteroatoms. The second kappa shape index (κ2) is 21.1. The average Bonchev–Trinajstić information content (AvgIpc) is 3.36. The second-order valence-corrected chi connectivity index (χ2v) is 15.5. The Morgan fingerprint density at radius 3 is 1.11 bits per heavy atom. The number of rotatable bonds is 13. The number of para-hydroxylation sites is 1. The molecule has 0 radical (unpaired) electrons. The monoisotopic (exact) mass is 846 g/mol. The SMILES string of the molecule is COc1ccc(N(c2ccccc2)c2ccc(N(c3ccc(/C=C\c4ccccc4)cc3)c3ccc(Oc4ccc(C(=O)c5ccc(C)cc5)cc4)cc3)cc2)cc1.Cc1ccccc1. The highest BCUT2D eigenvalue weighted by Gasteiger charge is 2.17. The van der Waals surface area contributed by atoms with Crippen molar-refractivity contribution in [3.05, 3.63) is 270 Å². The molecule has 0 saturated heterocycles. The quantitative estimate of drug-likeness (QED) is 0.0854. The molecule has 0 saturated carbocycles. The molecule has 0 aromatic heterocycles. The van der Waals surface area contributed by atoms with Gasteiger partial charge in [0.05, 0.1) is 7.11 Å². The van der Waals surface area contributed by atoms with E-state index >= 15 is 0 Å². The summed E-state index contributed by atoms with van der Waals surface area (Å²) >= 11 is 0. The molecule has 318 valence electrons. The van der Waals surface area contributed by atoms with Gasteiger partial charge >= 0.3 is 0 Å². The van der Waals surface area contributed by atoms with Gasteiger partial charge in [-0.15, -0.1) is 0 Å². The number of carbonyl (C=O) groups is 1. The molecule has 0 unspecified atom stereocenters. The van der Waals surface area contributed by atoms with Gasteiger partial charge in [-0.2, -0.15) is 0 Å². The number of hydrogen-bond donors (Lipinski definition) is 0. The third-order valence-electron chi connectivity index (χ3n) is 10.8. The summed E-state index contributed by atoms with van der Waals surface area (Å²) in [5, 5.41) is 0. The van der Waals surface area contributed by atoms with Gasteiger partial charge in [0.2, 0.25) is 0 Å². The van der Waals surface area contributed by atoms with Crippen molar-refractivity contribution in [2.24, 2.45) is 0 Å². The zero-order chi connectivity index (χ0) is 44.8. The average molecular weight is 847 g/mol. The van der Waals surface area contributed by atoms with Crippen LogP contribution in [0, 0.1) is 13.8 Å². The van der Waals surface area contributed by atoms with Gasteiger partial charge in [0.25, 0.3) is 0 Å². The molecule has 0 amide bonds. The van der Waals surface area contributed by atoms with Crippen molar-refractivity contribution >= 4 is 52.1 Å². The van der Waals surface area contributed by atoms with E-state index in [4.69, 9.17) is 9.47 Å². The Kier molecular flexibility index (Phi) is 14.0. The molecule has 0 aliphatic heterocycles. The smallest absolute Gasteiger partial charge is 0.193 e. The van der Waals surface area contributed by atoms with Gasteiger partial charge < -0.3 is 19.3 Å². The predicted molar refractivity (Wildman–Crippen MR) is 270 cm³/mol. The maximum absolute atomic E-state index is 13.0. The van der Waals surface area contributed by atoms with E-state index in [-0.39, 0.29) is 5.78 Å². The summed E-state index contributed by atoms with van der Waals surface area (Å²) in [7, 11) is 1.68. The van der Waals surface area contributed by atoms with Crippen LogP contribution in [0.3, 0.4) is 0 Å². The molecular formula is C60H50N2O3. The Hall–Kier alpha value is -8.41. The van der Waals surface area contributed by atoms with E-state index in [0.29, 0.717) is 22.6 Å². The number of ether oxygens (including phenoxy) is 2. The zero-order valence-electron chi connectivity index (χ0n) is 36.8. The fourth-order valence-electron chi connectivity index (χ4n) is 7.32. The lowest BCUT2D eigenvalue weighted by Crippen LogP contribution is -2.12. The second-order valence-electron chi connectivity index (χ2n) is 15.5. The van der Waals surface area contributed by atoms with Crippen molar-refractivity contribution in [3.63, 3.8) is 0 Å². The normalized spacial score (nSPS) is 10.7. The maximum atomic E-state index is 13.0. The summed E-state index contributed by atoms with van der Waals surface area (Å²) in [6.45, 7) is 4.09. The molecule has 0 fully saturated rings. The Morgan fingerprint density at radius 1 is 0.354 bits per heavy atom. The van der Waals surface area contributed by atoms with Crippen molar-refractivity contribution < 1.29 is 14.3 Å². The molecule has 0 atom stereocenters. The van der Waals surface area contributed by atoms with Gasteiger partial charge in [-0.1, -0.05) is 139 Å². The fraction of sp³-hybridized carbons (Fsp3) is 0.0500. The molecule has 9 aromatic carbocycles. The van der Waals surface area contributed by atoms with Crippen LogP contribution in [0.25, 0.3) is 12.2 Å². The molecule has 0 N–H and O–H groups in total. The molecular weight excluding hydrogens is 797 g/mol. The van der Waals surface area contributed by atoms with Crippen LogP contribution in [-0.2, 0) is 0 Å². The number of ketones is 1. The molecule has 0 spiro atoms. The Balaban J connectivity index is 0.000000753. The van der Waals surface area contributed by atoms with Gasteiger partial charge in [0.1, 0.15) is 17.2 Å². The van der Waals surface area contributed by atoms with Crippen molar-refractivity contribution in [3.8, 4) is 17.2 Å². The van der Waals surface area contributed by atoms with Gasteiger partial charge in [-0.3, -0.25) is 4.79 Å². The minimum atomic E-state index is -0.0159. The third kappa shape index (κ3) is 11.4. The first-order valence-electron chi connectivity index (χ1n) is 21.6. The zero-order valence-corrected chi connectivity index (χ0v) is 36.8. The van der Waals surface area contributed by atoms with Crippen LogP contribution in [0.4, 0.5) is 34.1 Å². The van der Waals surface area contributed by atoms with Crippen LogP contribution in [0.15, 0.2) is 237 Å². The molecule has 5 nitrogen and oxygen atoms in total. The van der Waals surface area contributed by atoms with E-state index in [9.17, 15) is 4.79 Å². The molecule has 9 rings (SSSR count). The van der Waals surface area contributed by atoms with Gasteiger partial charge in [-0.05, 0) is 146 Å². The van der Waals surface area contributed by atoms with Crippen LogP contribution < -0.4 is 19.3 Å². The van der Waals surface area contributed by atoms with Crippen molar-refractivity contribution in [2.45, 2.75) is 13.8 Å². The van der Waals surface area contributed by atoms with Gasteiger partial charge in [0, 0.05) is 45.3 Å². The van der Waals surface area contributed by atoms with E-state index in [2.05, 4.69) is 150 Å². The van der Waals surface area contributed by atoms with Crippen LogP contribution in [0.1, 0.15) is 38.2 Å². The number of benzene rings is 9. The summed E-state index contributed by atoms with van der Waals surface area (Å²) in [5.74, 6) is 2.14. The number of carbonyl (C=O) groups excluding carboxylic acids is 1. The molecule has 0 heterocycles. The minimum Gasteiger partial charge on any atom is -0.497 e. The topological polar surface area (TPSA) is 42.0 Å². The number of anilines is 6. The summed E-state index contributed by atoms with van der Waals surface area (Å²) in [4.78, 5) is 17.5. The first-order chi connectivity index (χ1) is 31.9. The lowest BCUT2D eigenvalue weighted by atomic mass is 10.0. The molecule has 0 aliphatic rings. The number of nitrogens with zero attached hydrogens (tertiary/aromatic N) is 2. The standard InChI is InChI=1S/C53H42N2O3.C7H8/c1-39-13-19-42(20-14-39)53(56)43-21-33-51(34-22-43)58-52-37-31-49(32-38-52)55(45-23-17-41(18-24-45)16-15-40-9-5-3-6-10-40)47-27-25-46(26-28-47)54(44-11-7-4-8-12-44)48-29-35-50(57-2)36-30-48;1-7-5-3-2-4-6-7/h3-38H,1-2H3;2-6H,1H3/b16-15-;. The Morgan fingerprint density at radius 2 is 0.677 bits per heavy atom. The van der Waals surface area contributed by atoms with Crippen molar-refractivity contribution in [1.82, 2.24) is 0 Å². The summed E-state index contributed by atoms with van der Waals surface area (Å²) in [6.07, 6.45) is 4.26. The van der Waals surface area contributed by atoms with E-state index in [1.165, 1.54) is 5.56 Å². The van der Waals surface area contributed by atoms with E-state index in [1.54, 1.807) is 7.11 Å². The van der Waals surface area contributed by atoms with Crippen LogP contribution in [0.5, 0.6) is 17.2 Å². The summed E-state index contributed by atoms with van der Waals surface area (Å²) in [6, 6.07) is 79.2. The Bertz CT molecular complexity index is 2900. The Labute approximate surface area is 382 Å². The predicted octanol–water partition coefficient (Wildman–Crippen LogP) is 16.1. The van der Waals surface area contributed by atoms with Crippen LogP contribution in [0.2, 0.25) is 0 Å². The summed E-state index contributed by atoms with van der Waals surface area (Å²) in [5.41, 5.74) is 12.1. The number of hydrogen-bond acceptors (Lipinski definition) is 5. The molecule has 65 heavy (non-hydrogen) atoms. The molecule has 0 aliphatic carbocycles. The fourth-order valence-corrected chi connectivity index (χ4v) is 7.32. The number of aryl methyl sites for hydroxylation is 2. The number of methoxy groups -OCH3 is 1. The molecule has 0 bridgehead atoms. The highest BCUT2D eigenvalue weighted by Crippen LogP contribution is 2.40.